The summed E-state index contributed by atoms with van der Waals surface area (Å²) >= 11 is 4.86. The maximum Gasteiger partial charge on any atom is 0.230 e. The van der Waals surface area contributed by atoms with Crippen LogP contribution in [0.4, 0.5) is 0 Å². The Morgan fingerprint density at radius 2 is 2.24 bits per heavy atom. The van der Waals surface area contributed by atoms with E-state index < -0.39 is 0 Å². The van der Waals surface area contributed by atoms with Gasteiger partial charge < -0.3 is 10.6 Å². The fraction of sp³-hybridized carbons (Fsp3) is 0.385. The number of nitrogens with zero attached hydrogens (tertiary/aromatic N) is 1. The zero-order chi connectivity index (χ0) is 12.4. The second kappa shape index (κ2) is 4.84. The van der Waals surface area contributed by atoms with Crippen LogP contribution < -0.4 is 5.73 Å². The number of likely N-dealkylation sites (N-methyl/N-ethyl adjacent to an activating group) is 1. The first-order valence-corrected chi connectivity index (χ1v) is 6.19. The first-order chi connectivity index (χ1) is 8.13. The average molecular weight is 248 g/mol. The predicted molar refractivity (Wildman–Crippen MR) is 71.9 cm³/mol. The lowest BCUT2D eigenvalue weighted by Gasteiger charge is -2.33. The molecule has 2 rings (SSSR count). The molecule has 1 aromatic rings. The highest BCUT2D eigenvalue weighted by molar-refractivity contribution is 7.80. The summed E-state index contributed by atoms with van der Waals surface area (Å²) in [6.07, 6.45) is 0.836. The summed E-state index contributed by atoms with van der Waals surface area (Å²) in [5, 5.41) is 0. The van der Waals surface area contributed by atoms with Crippen LogP contribution in [-0.2, 0) is 11.2 Å². The Bertz CT molecular complexity index is 458. The lowest BCUT2D eigenvalue weighted by atomic mass is 9.77. The van der Waals surface area contributed by atoms with Crippen LogP contribution in [0.5, 0.6) is 0 Å². The predicted octanol–water partition coefficient (Wildman–Crippen LogP) is 1.46. The summed E-state index contributed by atoms with van der Waals surface area (Å²) in [5.74, 6) is 0.138. The molecule has 1 aliphatic carbocycles. The van der Waals surface area contributed by atoms with Gasteiger partial charge in [-0.25, -0.2) is 0 Å². The standard InChI is InChI=1S/C13H16N2OS/c1-2-15(8-12(14)17)13(16)11-7-9-5-3-4-6-10(9)11/h3-6,11H,2,7-8H2,1H3,(H2,14,17). The minimum absolute atomic E-state index is 0.000463. The van der Waals surface area contributed by atoms with Crippen molar-refractivity contribution in [2.45, 2.75) is 19.3 Å². The van der Waals surface area contributed by atoms with Gasteiger partial charge in [-0.3, -0.25) is 4.79 Å². The van der Waals surface area contributed by atoms with E-state index in [0.29, 0.717) is 18.1 Å². The largest absolute Gasteiger partial charge is 0.392 e. The first-order valence-electron chi connectivity index (χ1n) is 5.78. The molecule has 17 heavy (non-hydrogen) atoms. The van der Waals surface area contributed by atoms with Gasteiger partial charge in [0.1, 0.15) is 0 Å². The highest BCUT2D eigenvalue weighted by Gasteiger charge is 2.34. The first kappa shape index (κ1) is 12.0. The van der Waals surface area contributed by atoms with Crippen LogP contribution in [0.15, 0.2) is 24.3 Å². The van der Waals surface area contributed by atoms with Crippen LogP contribution in [0.25, 0.3) is 0 Å². The third-order valence-electron chi connectivity index (χ3n) is 3.19. The Morgan fingerprint density at radius 3 is 2.82 bits per heavy atom. The number of benzene rings is 1. The van der Waals surface area contributed by atoms with E-state index in [-0.39, 0.29) is 11.8 Å². The molecule has 3 nitrogen and oxygen atoms in total. The maximum atomic E-state index is 12.3. The molecule has 1 aliphatic rings. The molecule has 0 saturated heterocycles. The number of carbonyl (C=O) groups is 1. The van der Waals surface area contributed by atoms with E-state index in [0.717, 1.165) is 12.0 Å². The molecule has 1 amide bonds. The van der Waals surface area contributed by atoms with E-state index in [1.807, 2.05) is 25.1 Å². The molecule has 2 N–H and O–H groups in total. The number of rotatable bonds is 4. The molecule has 0 fully saturated rings. The molecule has 90 valence electrons. The second-order valence-electron chi connectivity index (χ2n) is 4.27. The minimum Gasteiger partial charge on any atom is -0.392 e. The number of nitrogens with two attached hydrogens (primary N) is 1. The Balaban J connectivity index is 2.10. The van der Waals surface area contributed by atoms with Crippen LogP contribution in [0.2, 0.25) is 0 Å². The van der Waals surface area contributed by atoms with Crippen molar-refractivity contribution in [1.29, 1.82) is 0 Å². The molecule has 0 bridgehead atoms. The Hall–Kier alpha value is -1.42. The van der Waals surface area contributed by atoms with E-state index in [4.69, 9.17) is 18.0 Å². The highest BCUT2D eigenvalue weighted by atomic mass is 32.1. The van der Waals surface area contributed by atoms with Gasteiger partial charge in [-0.1, -0.05) is 36.5 Å². The number of hydrogen-bond donors (Lipinski definition) is 1. The molecular weight excluding hydrogens is 232 g/mol. The van der Waals surface area contributed by atoms with Crippen molar-refractivity contribution in [3.8, 4) is 0 Å². The fourth-order valence-electron chi connectivity index (χ4n) is 2.23. The van der Waals surface area contributed by atoms with Gasteiger partial charge in [0.15, 0.2) is 0 Å². The molecule has 0 spiro atoms. The van der Waals surface area contributed by atoms with Gasteiger partial charge in [0.2, 0.25) is 5.91 Å². The number of thiocarbonyl (C=S) groups is 1. The van der Waals surface area contributed by atoms with E-state index in [1.165, 1.54) is 5.56 Å². The lowest BCUT2D eigenvalue weighted by Crippen LogP contribution is -2.43. The number of fused-ring (bicyclic) bond motifs is 1. The third-order valence-corrected chi connectivity index (χ3v) is 3.32. The van der Waals surface area contributed by atoms with Gasteiger partial charge in [-0.05, 0) is 24.5 Å². The summed E-state index contributed by atoms with van der Waals surface area (Å²) in [5.41, 5.74) is 7.93. The highest BCUT2D eigenvalue weighted by Crippen LogP contribution is 2.35. The number of carbonyl (C=O) groups excluding carboxylic acids is 1. The van der Waals surface area contributed by atoms with Gasteiger partial charge >= 0.3 is 0 Å². The quantitative estimate of drug-likeness (QED) is 0.821. The molecule has 0 aliphatic heterocycles. The molecular formula is C13H16N2OS. The summed E-state index contributed by atoms with van der Waals surface area (Å²) in [7, 11) is 0. The summed E-state index contributed by atoms with van der Waals surface area (Å²) in [6, 6.07) is 8.08. The van der Waals surface area contributed by atoms with Crippen LogP contribution in [0.3, 0.4) is 0 Å². The summed E-state index contributed by atoms with van der Waals surface area (Å²) in [6.45, 7) is 2.97. The minimum atomic E-state index is 0.000463. The van der Waals surface area contributed by atoms with E-state index >= 15 is 0 Å². The zero-order valence-corrected chi connectivity index (χ0v) is 10.7. The number of amides is 1. The molecule has 0 saturated carbocycles. The molecule has 1 unspecified atom stereocenters. The molecule has 0 aromatic heterocycles. The van der Waals surface area contributed by atoms with Crippen LogP contribution >= 0.6 is 12.2 Å². The SMILES string of the molecule is CCN(CC(N)=S)C(=O)C1Cc2ccccc21. The summed E-state index contributed by atoms with van der Waals surface area (Å²) < 4.78 is 0. The van der Waals surface area contributed by atoms with Crippen molar-refractivity contribution in [2.24, 2.45) is 5.73 Å². The topological polar surface area (TPSA) is 46.3 Å². The Labute approximate surface area is 107 Å². The van der Waals surface area contributed by atoms with Crippen molar-refractivity contribution >= 4 is 23.1 Å². The molecule has 1 atom stereocenters. The van der Waals surface area contributed by atoms with Gasteiger partial charge in [-0.2, -0.15) is 0 Å². The van der Waals surface area contributed by atoms with Crippen molar-refractivity contribution < 1.29 is 4.79 Å². The Kier molecular flexibility index (Phi) is 3.43. The fourth-order valence-corrected chi connectivity index (χ4v) is 2.39. The molecule has 0 heterocycles. The average Bonchev–Trinajstić information content (AvgIpc) is 2.27. The van der Waals surface area contributed by atoms with Crippen LogP contribution in [0.1, 0.15) is 24.0 Å². The second-order valence-corrected chi connectivity index (χ2v) is 4.80. The van der Waals surface area contributed by atoms with E-state index in [9.17, 15) is 4.79 Å². The molecule has 0 radical (unpaired) electrons. The van der Waals surface area contributed by atoms with Gasteiger partial charge in [0.05, 0.1) is 17.5 Å². The lowest BCUT2D eigenvalue weighted by molar-refractivity contribution is -0.132. The van der Waals surface area contributed by atoms with E-state index in [2.05, 4.69) is 6.07 Å². The van der Waals surface area contributed by atoms with E-state index in [1.54, 1.807) is 4.90 Å². The van der Waals surface area contributed by atoms with Crippen molar-refractivity contribution in [1.82, 2.24) is 4.90 Å². The normalized spacial score (nSPS) is 16.9. The maximum absolute atomic E-state index is 12.3. The van der Waals surface area contributed by atoms with Crippen LogP contribution in [0, 0.1) is 0 Å². The summed E-state index contributed by atoms with van der Waals surface area (Å²) in [4.78, 5) is 14.4. The van der Waals surface area contributed by atoms with Gasteiger partial charge in [0, 0.05) is 6.54 Å². The Morgan fingerprint density at radius 1 is 1.53 bits per heavy atom. The number of hydrogen-bond acceptors (Lipinski definition) is 2. The van der Waals surface area contributed by atoms with Gasteiger partial charge in [0.25, 0.3) is 0 Å². The molecule has 1 aromatic carbocycles. The van der Waals surface area contributed by atoms with Gasteiger partial charge in [-0.15, -0.1) is 0 Å². The zero-order valence-electron chi connectivity index (χ0n) is 9.85. The smallest absolute Gasteiger partial charge is 0.230 e. The monoisotopic (exact) mass is 248 g/mol. The van der Waals surface area contributed by atoms with Crippen LogP contribution in [-0.4, -0.2) is 28.9 Å². The molecule has 4 heteroatoms. The third kappa shape index (κ3) is 2.31. The van der Waals surface area contributed by atoms with Crippen molar-refractivity contribution in [3.05, 3.63) is 35.4 Å². The van der Waals surface area contributed by atoms with Crippen molar-refractivity contribution in [2.75, 3.05) is 13.1 Å². The van der Waals surface area contributed by atoms with Crippen molar-refractivity contribution in [3.63, 3.8) is 0 Å².